The fourth-order valence-electron chi connectivity index (χ4n) is 2.69. The summed E-state index contributed by atoms with van der Waals surface area (Å²) in [5.41, 5.74) is 1.25. The second-order valence-electron chi connectivity index (χ2n) is 5.89. The molecule has 2 atom stereocenters. The van der Waals surface area contributed by atoms with Crippen LogP contribution in [0.25, 0.3) is 0 Å². The van der Waals surface area contributed by atoms with Crippen LogP contribution in [-0.4, -0.2) is 17.6 Å². The molecule has 1 heterocycles. The number of rotatable bonds is 5. The minimum atomic E-state index is 0.557. The predicted octanol–water partition coefficient (Wildman–Crippen LogP) is 3.98. The molecule has 1 N–H and O–H groups in total. The second-order valence-corrected chi connectivity index (χ2v) is 6.84. The molecule has 1 saturated carbocycles. The molecule has 2 unspecified atom stereocenters. The zero-order chi connectivity index (χ0) is 13.0. The molecule has 1 fully saturated rings. The van der Waals surface area contributed by atoms with Crippen LogP contribution in [0.1, 0.15) is 63.1 Å². The molecule has 0 saturated heterocycles. The van der Waals surface area contributed by atoms with Crippen LogP contribution in [0, 0.1) is 5.92 Å². The molecule has 3 heteroatoms. The van der Waals surface area contributed by atoms with Crippen LogP contribution in [-0.2, 0) is 6.42 Å². The van der Waals surface area contributed by atoms with Crippen molar-refractivity contribution in [3.05, 3.63) is 16.1 Å². The first-order valence-corrected chi connectivity index (χ1v) is 8.22. The maximum Gasteiger partial charge on any atom is 0.0941 e. The van der Waals surface area contributed by atoms with Crippen LogP contribution < -0.4 is 5.32 Å². The van der Waals surface area contributed by atoms with Gasteiger partial charge in [0.2, 0.25) is 0 Å². The van der Waals surface area contributed by atoms with Crippen molar-refractivity contribution < 1.29 is 0 Å². The standard InChI is InChI=1S/C15H26N2S/c1-11(2)14-10-18-15(17-14)8-9-16-13-7-5-4-6-12(13)3/h10-13,16H,4-9H2,1-3H3. The number of thiazole rings is 1. The van der Waals surface area contributed by atoms with Gasteiger partial charge in [0.1, 0.15) is 0 Å². The molecule has 0 radical (unpaired) electrons. The van der Waals surface area contributed by atoms with Crippen molar-refractivity contribution in [1.29, 1.82) is 0 Å². The van der Waals surface area contributed by atoms with E-state index in [1.807, 2.05) is 11.3 Å². The van der Waals surface area contributed by atoms with E-state index in [1.54, 1.807) is 0 Å². The highest BCUT2D eigenvalue weighted by molar-refractivity contribution is 7.09. The first-order chi connectivity index (χ1) is 8.66. The van der Waals surface area contributed by atoms with Crippen LogP contribution in [0.4, 0.5) is 0 Å². The molecular weight excluding hydrogens is 240 g/mol. The Balaban J connectivity index is 1.74. The van der Waals surface area contributed by atoms with E-state index in [0.717, 1.165) is 24.9 Å². The fourth-order valence-corrected chi connectivity index (χ4v) is 3.65. The van der Waals surface area contributed by atoms with Crippen molar-refractivity contribution in [3.63, 3.8) is 0 Å². The predicted molar refractivity (Wildman–Crippen MR) is 79.3 cm³/mol. The maximum atomic E-state index is 4.69. The van der Waals surface area contributed by atoms with E-state index in [4.69, 9.17) is 0 Å². The quantitative estimate of drug-likeness (QED) is 0.872. The van der Waals surface area contributed by atoms with Crippen LogP contribution in [0.5, 0.6) is 0 Å². The van der Waals surface area contributed by atoms with Gasteiger partial charge in [0.25, 0.3) is 0 Å². The normalized spacial score (nSPS) is 24.7. The van der Waals surface area contributed by atoms with Gasteiger partial charge in [-0.25, -0.2) is 4.98 Å². The summed E-state index contributed by atoms with van der Waals surface area (Å²) in [5, 5.41) is 7.22. The molecule has 2 rings (SSSR count). The van der Waals surface area contributed by atoms with Gasteiger partial charge in [-0.1, -0.05) is 33.6 Å². The lowest BCUT2D eigenvalue weighted by molar-refractivity contribution is 0.282. The van der Waals surface area contributed by atoms with Gasteiger partial charge in [-0.3, -0.25) is 0 Å². The molecule has 1 aromatic rings. The Morgan fingerprint density at radius 2 is 2.17 bits per heavy atom. The molecule has 1 aliphatic rings. The van der Waals surface area contributed by atoms with Crippen LogP contribution >= 0.6 is 11.3 Å². The van der Waals surface area contributed by atoms with Gasteiger partial charge in [0, 0.05) is 24.4 Å². The first kappa shape index (κ1) is 14.0. The molecule has 2 nitrogen and oxygen atoms in total. The highest BCUT2D eigenvalue weighted by atomic mass is 32.1. The smallest absolute Gasteiger partial charge is 0.0941 e. The summed E-state index contributed by atoms with van der Waals surface area (Å²) in [6.07, 6.45) is 6.66. The van der Waals surface area contributed by atoms with Crippen molar-refractivity contribution in [1.82, 2.24) is 10.3 Å². The van der Waals surface area contributed by atoms with Crippen LogP contribution in [0.15, 0.2) is 5.38 Å². The second kappa shape index (κ2) is 6.67. The Labute approximate surface area is 115 Å². The lowest BCUT2D eigenvalue weighted by Gasteiger charge is -2.29. The molecule has 18 heavy (non-hydrogen) atoms. The SMILES string of the molecule is CC(C)c1csc(CCNC2CCCCC2C)n1. The van der Waals surface area contributed by atoms with Crippen molar-refractivity contribution in [2.75, 3.05) is 6.54 Å². The molecule has 0 aliphatic heterocycles. The number of aromatic nitrogens is 1. The Bertz CT molecular complexity index is 359. The molecule has 0 bridgehead atoms. The molecule has 0 amide bonds. The lowest BCUT2D eigenvalue weighted by Crippen LogP contribution is -2.38. The molecule has 102 valence electrons. The number of hydrogen-bond donors (Lipinski definition) is 1. The maximum absolute atomic E-state index is 4.69. The van der Waals surface area contributed by atoms with E-state index in [0.29, 0.717) is 5.92 Å². The average Bonchev–Trinajstić information content (AvgIpc) is 2.80. The van der Waals surface area contributed by atoms with Gasteiger partial charge < -0.3 is 5.32 Å². The Hall–Kier alpha value is -0.410. The minimum Gasteiger partial charge on any atom is -0.313 e. The summed E-state index contributed by atoms with van der Waals surface area (Å²) in [7, 11) is 0. The Kier molecular flexibility index (Phi) is 5.19. The van der Waals surface area contributed by atoms with E-state index >= 15 is 0 Å². The van der Waals surface area contributed by atoms with E-state index in [2.05, 4.69) is 36.5 Å². The van der Waals surface area contributed by atoms with Crippen LogP contribution in [0.3, 0.4) is 0 Å². The number of nitrogens with zero attached hydrogens (tertiary/aromatic N) is 1. The minimum absolute atomic E-state index is 0.557. The molecule has 1 aliphatic carbocycles. The number of nitrogens with one attached hydrogen (secondary N) is 1. The van der Waals surface area contributed by atoms with E-state index < -0.39 is 0 Å². The van der Waals surface area contributed by atoms with E-state index in [-0.39, 0.29) is 0 Å². The Morgan fingerprint density at radius 3 is 2.83 bits per heavy atom. The van der Waals surface area contributed by atoms with Gasteiger partial charge in [-0.05, 0) is 24.7 Å². The summed E-state index contributed by atoms with van der Waals surface area (Å²) >= 11 is 1.81. The third-order valence-electron chi connectivity index (χ3n) is 4.02. The highest BCUT2D eigenvalue weighted by Gasteiger charge is 2.20. The largest absolute Gasteiger partial charge is 0.313 e. The molecule has 0 spiro atoms. The average molecular weight is 266 g/mol. The summed E-state index contributed by atoms with van der Waals surface area (Å²) in [5.74, 6) is 1.41. The van der Waals surface area contributed by atoms with Crippen molar-refractivity contribution in [3.8, 4) is 0 Å². The molecule has 1 aromatic heterocycles. The third-order valence-corrected chi connectivity index (χ3v) is 4.94. The van der Waals surface area contributed by atoms with Crippen molar-refractivity contribution in [2.24, 2.45) is 5.92 Å². The summed E-state index contributed by atoms with van der Waals surface area (Å²) < 4.78 is 0. The van der Waals surface area contributed by atoms with Crippen molar-refractivity contribution in [2.45, 2.75) is 64.8 Å². The van der Waals surface area contributed by atoms with Crippen molar-refractivity contribution >= 4 is 11.3 Å². The van der Waals surface area contributed by atoms with Gasteiger partial charge >= 0.3 is 0 Å². The topological polar surface area (TPSA) is 24.9 Å². The van der Waals surface area contributed by atoms with Gasteiger partial charge in [-0.2, -0.15) is 0 Å². The molecule has 0 aromatic carbocycles. The van der Waals surface area contributed by atoms with Gasteiger partial charge in [-0.15, -0.1) is 11.3 Å². The zero-order valence-electron chi connectivity index (χ0n) is 11.9. The van der Waals surface area contributed by atoms with Gasteiger partial charge in [0.15, 0.2) is 0 Å². The summed E-state index contributed by atoms with van der Waals surface area (Å²) in [6, 6.07) is 0.739. The fraction of sp³-hybridized carbons (Fsp3) is 0.800. The van der Waals surface area contributed by atoms with Crippen LogP contribution in [0.2, 0.25) is 0 Å². The molecular formula is C15H26N2S. The Morgan fingerprint density at radius 1 is 1.39 bits per heavy atom. The summed E-state index contributed by atoms with van der Waals surface area (Å²) in [6.45, 7) is 7.89. The van der Waals surface area contributed by atoms with E-state index in [1.165, 1.54) is 36.4 Å². The number of hydrogen-bond acceptors (Lipinski definition) is 3. The third kappa shape index (κ3) is 3.79. The van der Waals surface area contributed by atoms with E-state index in [9.17, 15) is 0 Å². The first-order valence-electron chi connectivity index (χ1n) is 7.34. The monoisotopic (exact) mass is 266 g/mol. The highest BCUT2D eigenvalue weighted by Crippen LogP contribution is 2.23. The summed E-state index contributed by atoms with van der Waals surface area (Å²) in [4.78, 5) is 4.69. The van der Waals surface area contributed by atoms with Gasteiger partial charge in [0.05, 0.1) is 10.7 Å². The lowest BCUT2D eigenvalue weighted by atomic mass is 9.86. The zero-order valence-corrected chi connectivity index (χ0v) is 12.7.